The molecule has 6 heteroatoms. The van der Waals surface area contributed by atoms with Gasteiger partial charge in [-0.2, -0.15) is 13.2 Å². The molecule has 0 unspecified atom stereocenters. The monoisotopic (exact) mass is 205 g/mol. The van der Waals surface area contributed by atoms with E-state index in [0.717, 1.165) is 6.07 Å². The van der Waals surface area contributed by atoms with Crippen molar-refractivity contribution in [1.29, 1.82) is 0 Å². The highest BCUT2D eigenvalue weighted by molar-refractivity contribution is 5.49. The molecule has 0 spiro atoms. The number of nitrogens with zero attached hydrogens (tertiary/aromatic N) is 1. The lowest BCUT2D eigenvalue weighted by Crippen LogP contribution is -2.21. The van der Waals surface area contributed by atoms with E-state index >= 15 is 0 Å². The first kappa shape index (κ1) is 10.5. The van der Waals surface area contributed by atoms with Crippen LogP contribution in [0.15, 0.2) is 23.1 Å². The fourth-order valence-corrected chi connectivity index (χ4v) is 0.922. The number of carbonyl (C=O) groups is 1. The van der Waals surface area contributed by atoms with E-state index < -0.39 is 17.3 Å². The zero-order valence-electron chi connectivity index (χ0n) is 6.91. The fourth-order valence-electron chi connectivity index (χ4n) is 0.922. The van der Waals surface area contributed by atoms with Crippen LogP contribution in [-0.4, -0.2) is 10.9 Å². The Morgan fingerprint density at radius 1 is 1.36 bits per heavy atom. The van der Waals surface area contributed by atoms with Crippen molar-refractivity contribution >= 4 is 6.29 Å². The minimum atomic E-state index is -4.50. The summed E-state index contributed by atoms with van der Waals surface area (Å²) in [6.07, 6.45) is -3.52. The van der Waals surface area contributed by atoms with Gasteiger partial charge in [0.15, 0.2) is 0 Å². The molecule has 0 atom stereocenters. The molecule has 0 saturated heterocycles. The Bertz CT molecular complexity index is 394. The summed E-state index contributed by atoms with van der Waals surface area (Å²) in [5, 5.41) is 0. The summed E-state index contributed by atoms with van der Waals surface area (Å²) in [7, 11) is 0. The van der Waals surface area contributed by atoms with Gasteiger partial charge in [-0.3, -0.25) is 4.79 Å². The van der Waals surface area contributed by atoms with Crippen LogP contribution < -0.4 is 5.56 Å². The van der Waals surface area contributed by atoms with E-state index in [2.05, 4.69) is 0 Å². The van der Waals surface area contributed by atoms with Gasteiger partial charge in [0, 0.05) is 12.3 Å². The molecular formula is C8H6F3NO2. The molecule has 0 saturated carbocycles. The molecule has 1 aromatic rings. The molecule has 0 bridgehead atoms. The highest BCUT2D eigenvalue weighted by atomic mass is 19.4. The van der Waals surface area contributed by atoms with E-state index in [9.17, 15) is 22.8 Å². The summed E-state index contributed by atoms with van der Waals surface area (Å²) in [4.78, 5) is 21.0. The third kappa shape index (κ3) is 2.21. The molecule has 1 rings (SSSR count). The number of hydrogen-bond donors (Lipinski definition) is 0. The van der Waals surface area contributed by atoms with E-state index in [-0.39, 0.29) is 6.54 Å². The molecule has 0 radical (unpaired) electrons. The van der Waals surface area contributed by atoms with Gasteiger partial charge in [-0.1, -0.05) is 0 Å². The number of aromatic nitrogens is 1. The number of carbonyl (C=O) groups excluding carboxylic acids is 1. The Hall–Kier alpha value is -1.59. The van der Waals surface area contributed by atoms with Crippen LogP contribution >= 0.6 is 0 Å². The summed E-state index contributed by atoms with van der Waals surface area (Å²) < 4.78 is 37.1. The predicted molar refractivity (Wildman–Crippen MR) is 41.8 cm³/mol. The lowest BCUT2D eigenvalue weighted by atomic mass is 10.3. The molecule has 0 fully saturated rings. The van der Waals surface area contributed by atoms with Gasteiger partial charge < -0.3 is 9.36 Å². The van der Waals surface area contributed by atoms with Gasteiger partial charge in [-0.25, -0.2) is 0 Å². The number of hydrogen-bond acceptors (Lipinski definition) is 2. The topological polar surface area (TPSA) is 39.1 Å². The molecule has 3 nitrogen and oxygen atoms in total. The standard InChI is InChI=1S/C8H6F3NO2/c9-8(10,11)6-1-2-7(14)12(5-6)3-4-13/h1-2,4-5H,3H2. The van der Waals surface area contributed by atoms with Gasteiger partial charge in [0.05, 0.1) is 12.1 Å². The third-order valence-electron chi connectivity index (χ3n) is 1.58. The number of aldehydes is 1. The third-order valence-corrected chi connectivity index (χ3v) is 1.58. The molecule has 1 aromatic heterocycles. The first-order valence-electron chi connectivity index (χ1n) is 3.66. The van der Waals surface area contributed by atoms with Crippen LogP contribution in [0.1, 0.15) is 5.56 Å². The van der Waals surface area contributed by atoms with Crippen molar-refractivity contribution in [2.45, 2.75) is 12.7 Å². The Morgan fingerprint density at radius 3 is 2.50 bits per heavy atom. The van der Waals surface area contributed by atoms with Crippen LogP contribution in [0.25, 0.3) is 0 Å². The first-order valence-corrected chi connectivity index (χ1v) is 3.66. The predicted octanol–water partition coefficient (Wildman–Crippen LogP) is 1.07. The molecule has 0 aliphatic rings. The van der Waals surface area contributed by atoms with Crippen LogP contribution in [0.2, 0.25) is 0 Å². The van der Waals surface area contributed by atoms with Crippen molar-refractivity contribution in [3.05, 3.63) is 34.2 Å². The second-order valence-corrected chi connectivity index (χ2v) is 2.57. The largest absolute Gasteiger partial charge is 0.417 e. The molecule has 0 aliphatic heterocycles. The maximum Gasteiger partial charge on any atom is 0.417 e. The van der Waals surface area contributed by atoms with Gasteiger partial charge in [0.25, 0.3) is 5.56 Å². The normalized spacial score (nSPS) is 11.4. The van der Waals surface area contributed by atoms with E-state index in [1.54, 1.807) is 0 Å². The second kappa shape index (κ2) is 3.65. The Morgan fingerprint density at radius 2 is 2.00 bits per heavy atom. The maximum atomic E-state index is 12.1. The minimum Gasteiger partial charge on any atom is -0.308 e. The van der Waals surface area contributed by atoms with Crippen LogP contribution in [0, 0.1) is 0 Å². The maximum absolute atomic E-state index is 12.1. The molecule has 76 valence electrons. The van der Waals surface area contributed by atoms with Crippen LogP contribution in [0.3, 0.4) is 0 Å². The van der Waals surface area contributed by atoms with Crippen LogP contribution in [-0.2, 0) is 17.5 Å². The summed E-state index contributed by atoms with van der Waals surface area (Å²) >= 11 is 0. The van der Waals surface area contributed by atoms with Crippen molar-refractivity contribution in [2.75, 3.05) is 0 Å². The fraction of sp³-hybridized carbons (Fsp3) is 0.250. The lowest BCUT2D eigenvalue weighted by molar-refractivity contribution is -0.138. The number of halogens is 3. The first-order chi connectivity index (χ1) is 6.45. The summed E-state index contributed by atoms with van der Waals surface area (Å²) in [5.74, 6) is 0. The van der Waals surface area contributed by atoms with E-state index in [0.29, 0.717) is 23.1 Å². The quantitative estimate of drug-likeness (QED) is 0.677. The molecule has 0 aromatic carbocycles. The Kier molecular flexibility index (Phi) is 2.73. The Labute approximate surface area is 76.8 Å². The van der Waals surface area contributed by atoms with Gasteiger partial charge in [0.2, 0.25) is 0 Å². The number of alkyl halides is 3. The molecule has 0 aliphatic carbocycles. The average Bonchev–Trinajstić information content (AvgIpc) is 2.07. The molecule has 0 N–H and O–H groups in total. The highest BCUT2D eigenvalue weighted by Gasteiger charge is 2.30. The Balaban J connectivity index is 3.19. The average molecular weight is 205 g/mol. The van der Waals surface area contributed by atoms with Gasteiger partial charge >= 0.3 is 6.18 Å². The van der Waals surface area contributed by atoms with Crippen molar-refractivity contribution in [1.82, 2.24) is 4.57 Å². The lowest BCUT2D eigenvalue weighted by Gasteiger charge is -2.08. The highest BCUT2D eigenvalue weighted by Crippen LogP contribution is 2.27. The summed E-state index contributed by atoms with van der Waals surface area (Å²) in [5.41, 5.74) is -1.58. The van der Waals surface area contributed by atoms with E-state index in [4.69, 9.17) is 0 Å². The van der Waals surface area contributed by atoms with E-state index in [1.807, 2.05) is 0 Å². The molecule has 14 heavy (non-hydrogen) atoms. The van der Waals surface area contributed by atoms with Crippen molar-refractivity contribution in [3.63, 3.8) is 0 Å². The second-order valence-electron chi connectivity index (χ2n) is 2.57. The summed E-state index contributed by atoms with van der Waals surface area (Å²) in [6, 6.07) is 1.47. The SMILES string of the molecule is O=CCn1cc(C(F)(F)F)ccc1=O. The van der Waals surface area contributed by atoms with E-state index in [1.165, 1.54) is 0 Å². The number of rotatable bonds is 2. The summed E-state index contributed by atoms with van der Waals surface area (Å²) in [6.45, 7) is -0.372. The smallest absolute Gasteiger partial charge is 0.308 e. The minimum absolute atomic E-state index is 0.363. The number of pyridine rings is 1. The molecular weight excluding hydrogens is 199 g/mol. The molecule has 0 amide bonds. The van der Waals surface area contributed by atoms with Crippen LogP contribution in [0.4, 0.5) is 13.2 Å². The van der Waals surface area contributed by atoms with Gasteiger partial charge in [-0.15, -0.1) is 0 Å². The van der Waals surface area contributed by atoms with Crippen molar-refractivity contribution < 1.29 is 18.0 Å². The van der Waals surface area contributed by atoms with Gasteiger partial charge in [0.1, 0.15) is 6.29 Å². The zero-order valence-corrected chi connectivity index (χ0v) is 6.91. The van der Waals surface area contributed by atoms with Crippen LogP contribution in [0.5, 0.6) is 0 Å². The zero-order chi connectivity index (χ0) is 10.8. The molecule has 1 heterocycles. The van der Waals surface area contributed by atoms with Gasteiger partial charge in [-0.05, 0) is 6.07 Å². The van der Waals surface area contributed by atoms with Crippen molar-refractivity contribution in [2.24, 2.45) is 0 Å². The van der Waals surface area contributed by atoms with Crippen molar-refractivity contribution in [3.8, 4) is 0 Å².